The molecular weight excluding hydrogens is 465 g/mol. The Hall–Kier alpha value is -2.75. The third-order valence-electron chi connectivity index (χ3n) is 4.16. The van der Waals surface area contributed by atoms with Gasteiger partial charge in [-0.15, -0.1) is 0 Å². The van der Waals surface area contributed by atoms with Gasteiger partial charge in [-0.05, 0) is 44.2 Å². The van der Waals surface area contributed by atoms with Crippen molar-refractivity contribution < 1.29 is 22.7 Å². The number of hydrogen-bond acceptors (Lipinski definition) is 7. The van der Waals surface area contributed by atoms with Gasteiger partial charge in [0, 0.05) is 5.02 Å². The molecule has 0 unspecified atom stereocenters. The zero-order valence-electron chi connectivity index (χ0n) is 16.6. The molecule has 3 rings (SSSR count). The maximum absolute atomic E-state index is 12.5. The van der Waals surface area contributed by atoms with E-state index in [9.17, 15) is 13.2 Å². The fourth-order valence-corrected chi connectivity index (χ4v) is 3.90. The Labute approximate surface area is 189 Å². The quantitative estimate of drug-likeness (QED) is 0.457. The number of benzene rings is 2. The highest BCUT2D eigenvalue weighted by molar-refractivity contribution is 7.89. The van der Waals surface area contributed by atoms with Crippen molar-refractivity contribution in [1.82, 2.24) is 4.83 Å². The van der Waals surface area contributed by atoms with Crippen molar-refractivity contribution >= 4 is 50.6 Å². The molecule has 1 aliphatic rings. The van der Waals surface area contributed by atoms with Crippen LogP contribution in [-0.2, 0) is 24.3 Å². The summed E-state index contributed by atoms with van der Waals surface area (Å²) in [6.07, 6.45) is 0. The average molecular weight is 484 g/mol. The molecular formula is C20H19Cl2N3O5S. The first kappa shape index (κ1) is 22.9. The number of esters is 1. The van der Waals surface area contributed by atoms with Crippen molar-refractivity contribution in [2.24, 2.45) is 5.10 Å². The van der Waals surface area contributed by atoms with Crippen LogP contribution in [0, 0.1) is 6.92 Å². The van der Waals surface area contributed by atoms with Crippen LogP contribution >= 0.6 is 23.2 Å². The molecule has 11 heteroatoms. The lowest BCUT2D eigenvalue weighted by Gasteiger charge is -2.10. The van der Waals surface area contributed by atoms with E-state index in [1.165, 1.54) is 18.2 Å². The zero-order valence-corrected chi connectivity index (χ0v) is 18.9. The summed E-state index contributed by atoms with van der Waals surface area (Å²) in [6.45, 7) is 3.45. The van der Waals surface area contributed by atoms with E-state index in [2.05, 4.69) is 15.2 Å². The highest BCUT2D eigenvalue weighted by Crippen LogP contribution is 2.29. The first-order valence-electron chi connectivity index (χ1n) is 9.13. The van der Waals surface area contributed by atoms with Crippen LogP contribution in [0.2, 0.25) is 10.0 Å². The summed E-state index contributed by atoms with van der Waals surface area (Å²) < 4.78 is 35.6. The van der Waals surface area contributed by atoms with Crippen molar-refractivity contribution in [2.45, 2.75) is 18.7 Å². The lowest BCUT2D eigenvalue weighted by atomic mass is 10.2. The van der Waals surface area contributed by atoms with E-state index < -0.39 is 16.0 Å². The van der Waals surface area contributed by atoms with Gasteiger partial charge in [-0.3, -0.25) is 0 Å². The van der Waals surface area contributed by atoms with E-state index in [1.54, 1.807) is 31.2 Å². The number of ether oxygens (including phenoxy) is 2. The Morgan fingerprint density at radius 3 is 2.55 bits per heavy atom. The fourth-order valence-electron chi connectivity index (χ4n) is 2.61. The Bertz CT molecular complexity index is 1160. The summed E-state index contributed by atoms with van der Waals surface area (Å²) in [7, 11) is -3.94. The molecule has 2 aromatic carbocycles. The molecule has 0 atom stereocenters. The second-order valence-corrected chi connectivity index (χ2v) is 8.93. The van der Waals surface area contributed by atoms with Crippen molar-refractivity contribution in [2.75, 3.05) is 18.5 Å². The van der Waals surface area contributed by atoms with Crippen LogP contribution in [0.5, 0.6) is 0 Å². The Morgan fingerprint density at radius 1 is 1.19 bits per heavy atom. The number of hydrogen-bond donors (Lipinski definition) is 2. The third-order valence-corrected chi connectivity index (χ3v) is 5.93. The Balaban J connectivity index is 1.91. The molecule has 0 aromatic heterocycles. The number of carbonyl (C=O) groups excluding carboxylic acids is 1. The molecule has 8 nitrogen and oxygen atoms in total. The average Bonchev–Trinajstić information content (AvgIpc) is 3.12. The summed E-state index contributed by atoms with van der Waals surface area (Å²) in [5.74, 6) is -0.683. The fraction of sp³-hybridized carbons (Fsp3) is 0.200. The van der Waals surface area contributed by atoms with Gasteiger partial charge in [0.1, 0.15) is 17.9 Å². The molecule has 0 aliphatic carbocycles. The van der Waals surface area contributed by atoms with E-state index in [-0.39, 0.29) is 35.3 Å². The number of halogens is 2. The van der Waals surface area contributed by atoms with Crippen molar-refractivity contribution in [1.29, 1.82) is 0 Å². The molecule has 0 saturated heterocycles. The van der Waals surface area contributed by atoms with Gasteiger partial charge in [0.05, 0.1) is 22.2 Å². The van der Waals surface area contributed by atoms with Crippen LogP contribution in [0.3, 0.4) is 0 Å². The van der Waals surface area contributed by atoms with Gasteiger partial charge in [0.15, 0.2) is 0 Å². The topological polar surface area (TPSA) is 106 Å². The van der Waals surface area contributed by atoms with Gasteiger partial charge in [-0.2, -0.15) is 18.4 Å². The largest absolute Gasteiger partial charge is 0.472 e. The van der Waals surface area contributed by atoms with E-state index in [0.717, 1.165) is 5.56 Å². The van der Waals surface area contributed by atoms with Crippen LogP contribution in [0.25, 0.3) is 0 Å². The molecule has 0 fully saturated rings. The molecule has 1 aliphatic heterocycles. The lowest BCUT2D eigenvalue weighted by molar-refractivity contribution is -0.137. The van der Waals surface area contributed by atoms with Crippen LogP contribution in [0.1, 0.15) is 12.5 Å². The smallest absolute Gasteiger partial charge is 0.345 e. The van der Waals surface area contributed by atoms with Crippen molar-refractivity contribution in [3.05, 3.63) is 69.5 Å². The standard InChI is InChI=1S/C20H19Cl2N3O5S/c1-3-29-20(26)18-17(24-25-31(27,28)14-7-4-12(2)5-8-14)11-30-19(18)23-16-9-6-13(21)10-15(16)22/h4-10,23,25H,3,11H2,1-2H3. The summed E-state index contributed by atoms with van der Waals surface area (Å²) in [5.41, 5.74) is 1.36. The highest BCUT2D eigenvalue weighted by atomic mass is 35.5. The number of anilines is 1. The maximum Gasteiger partial charge on any atom is 0.345 e. The molecule has 2 N–H and O–H groups in total. The van der Waals surface area contributed by atoms with E-state index >= 15 is 0 Å². The second-order valence-electron chi connectivity index (χ2n) is 6.43. The second kappa shape index (κ2) is 9.59. The lowest BCUT2D eigenvalue weighted by Crippen LogP contribution is -2.23. The van der Waals surface area contributed by atoms with Crippen molar-refractivity contribution in [3.8, 4) is 0 Å². The summed E-state index contributed by atoms with van der Waals surface area (Å²) in [6, 6.07) is 11.0. The molecule has 0 saturated carbocycles. The van der Waals surface area contributed by atoms with Gasteiger partial charge >= 0.3 is 5.97 Å². The SMILES string of the molecule is CCOC(=O)C1=C(Nc2ccc(Cl)cc2Cl)OCC1=NNS(=O)(=O)c1ccc(C)cc1. The minimum absolute atomic E-state index is 0.0364. The highest BCUT2D eigenvalue weighted by Gasteiger charge is 2.32. The van der Waals surface area contributed by atoms with E-state index in [0.29, 0.717) is 15.7 Å². The zero-order chi connectivity index (χ0) is 22.6. The van der Waals surface area contributed by atoms with Crippen LogP contribution in [0.4, 0.5) is 5.69 Å². The summed E-state index contributed by atoms with van der Waals surface area (Å²) in [5, 5.41) is 7.55. The van der Waals surface area contributed by atoms with Crippen LogP contribution in [0.15, 0.2) is 63.9 Å². The number of sulfonamides is 1. The number of aryl methyl sites for hydroxylation is 1. The number of nitrogens with zero attached hydrogens (tertiary/aromatic N) is 1. The predicted octanol–water partition coefficient (Wildman–Crippen LogP) is 3.85. The van der Waals surface area contributed by atoms with Crippen molar-refractivity contribution in [3.63, 3.8) is 0 Å². The van der Waals surface area contributed by atoms with E-state index in [4.69, 9.17) is 32.7 Å². The molecule has 1 heterocycles. The van der Waals surface area contributed by atoms with E-state index in [1.807, 2.05) is 6.92 Å². The van der Waals surface area contributed by atoms with Crippen LogP contribution in [-0.4, -0.2) is 33.3 Å². The molecule has 2 aromatic rings. The van der Waals surface area contributed by atoms with Crippen LogP contribution < -0.4 is 10.1 Å². The molecule has 0 amide bonds. The van der Waals surface area contributed by atoms with Gasteiger partial charge in [0.25, 0.3) is 10.0 Å². The molecule has 31 heavy (non-hydrogen) atoms. The number of rotatable bonds is 7. The third kappa shape index (κ3) is 5.49. The Morgan fingerprint density at radius 2 is 1.90 bits per heavy atom. The minimum atomic E-state index is -3.94. The number of carbonyl (C=O) groups is 1. The molecule has 164 valence electrons. The van der Waals surface area contributed by atoms with Gasteiger partial charge in [-0.1, -0.05) is 40.9 Å². The first-order valence-corrected chi connectivity index (χ1v) is 11.4. The van der Waals surface area contributed by atoms with Gasteiger partial charge in [-0.25, -0.2) is 4.79 Å². The Kier molecular flexibility index (Phi) is 7.09. The predicted molar refractivity (Wildman–Crippen MR) is 119 cm³/mol. The monoisotopic (exact) mass is 483 g/mol. The normalized spacial score (nSPS) is 15.0. The summed E-state index contributed by atoms with van der Waals surface area (Å²) in [4.78, 5) is 14.7. The molecule has 0 radical (unpaired) electrons. The minimum Gasteiger partial charge on any atom is -0.472 e. The maximum atomic E-state index is 12.5. The molecule has 0 spiro atoms. The van der Waals surface area contributed by atoms with Gasteiger partial charge in [0.2, 0.25) is 5.88 Å². The number of hydrazone groups is 1. The first-order chi connectivity index (χ1) is 14.7. The summed E-state index contributed by atoms with van der Waals surface area (Å²) >= 11 is 12.1. The van der Waals surface area contributed by atoms with Gasteiger partial charge < -0.3 is 14.8 Å². The number of nitrogens with one attached hydrogen (secondary N) is 2. The molecule has 0 bridgehead atoms.